The van der Waals surface area contributed by atoms with Gasteiger partial charge in [0.05, 0.1) is 23.3 Å². The molecule has 1 aromatic carbocycles. The summed E-state index contributed by atoms with van der Waals surface area (Å²) in [6, 6.07) is 6.64. The number of nitrogens with zero attached hydrogens (tertiary/aromatic N) is 1. The van der Waals surface area contributed by atoms with Crippen molar-refractivity contribution in [2.45, 2.75) is 11.8 Å². The molecular weight excluding hydrogens is 278 g/mol. The summed E-state index contributed by atoms with van der Waals surface area (Å²) in [6.07, 6.45) is 4.62. The number of methoxy groups -OCH3 is 1. The van der Waals surface area contributed by atoms with Gasteiger partial charge < -0.3 is 9.30 Å². The van der Waals surface area contributed by atoms with Crippen LogP contribution in [0.2, 0.25) is 0 Å². The van der Waals surface area contributed by atoms with Crippen molar-refractivity contribution in [3.05, 3.63) is 47.8 Å². The number of aryl methyl sites for hydroxylation is 1. The number of hydrogen-bond acceptors (Lipinski definition) is 4. The van der Waals surface area contributed by atoms with E-state index in [9.17, 15) is 13.2 Å². The van der Waals surface area contributed by atoms with Crippen LogP contribution >= 0.6 is 0 Å². The molecule has 0 unspecified atom stereocenters. The predicted molar refractivity (Wildman–Crippen MR) is 75.0 cm³/mol. The van der Waals surface area contributed by atoms with Crippen molar-refractivity contribution in [1.29, 1.82) is 0 Å². The van der Waals surface area contributed by atoms with Crippen LogP contribution in [0.3, 0.4) is 0 Å². The van der Waals surface area contributed by atoms with E-state index in [1.165, 1.54) is 13.2 Å². The molecule has 6 heteroatoms. The van der Waals surface area contributed by atoms with Crippen LogP contribution in [0.1, 0.15) is 15.9 Å². The van der Waals surface area contributed by atoms with E-state index < -0.39 is 15.8 Å². The van der Waals surface area contributed by atoms with Gasteiger partial charge in [-0.2, -0.15) is 0 Å². The third kappa shape index (κ3) is 2.60. The van der Waals surface area contributed by atoms with Gasteiger partial charge in [-0.05, 0) is 36.8 Å². The summed E-state index contributed by atoms with van der Waals surface area (Å²) in [5.74, 6) is -0.550. The van der Waals surface area contributed by atoms with E-state index in [2.05, 4.69) is 4.74 Å². The molecule has 0 saturated carbocycles. The van der Waals surface area contributed by atoms with E-state index in [0.717, 1.165) is 6.26 Å². The molecule has 1 heterocycles. The van der Waals surface area contributed by atoms with Crippen LogP contribution in [0.25, 0.3) is 5.69 Å². The second-order valence-electron chi connectivity index (χ2n) is 4.49. The highest BCUT2D eigenvalue weighted by molar-refractivity contribution is 7.90. The lowest BCUT2D eigenvalue weighted by atomic mass is 10.1. The topological polar surface area (TPSA) is 65.4 Å². The Kier molecular flexibility index (Phi) is 3.67. The number of hydrogen-bond donors (Lipinski definition) is 0. The Bertz CT molecular complexity index is 746. The van der Waals surface area contributed by atoms with Crippen LogP contribution in [-0.4, -0.2) is 32.3 Å². The minimum absolute atomic E-state index is 0.0969. The van der Waals surface area contributed by atoms with Gasteiger partial charge >= 0.3 is 5.97 Å². The lowest BCUT2D eigenvalue weighted by molar-refractivity contribution is 0.0599. The summed E-state index contributed by atoms with van der Waals surface area (Å²) in [5, 5.41) is 0. The minimum Gasteiger partial charge on any atom is -0.465 e. The molecule has 1 aromatic heterocycles. The Morgan fingerprint density at radius 1 is 1.20 bits per heavy atom. The van der Waals surface area contributed by atoms with Crippen molar-refractivity contribution in [2.24, 2.45) is 0 Å². The van der Waals surface area contributed by atoms with E-state index in [1.807, 2.05) is 0 Å². The summed E-state index contributed by atoms with van der Waals surface area (Å²) < 4.78 is 30.3. The second-order valence-corrected chi connectivity index (χ2v) is 6.47. The second kappa shape index (κ2) is 5.13. The molecule has 0 aliphatic carbocycles. The summed E-state index contributed by atoms with van der Waals surface area (Å²) >= 11 is 0. The monoisotopic (exact) mass is 293 g/mol. The first-order chi connectivity index (χ1) is 9.34. The number of sulfone groups is 1. The molecule has 0 aliphatic rings. The fourth-order valence-electron chi connectivity index (χ4n) is 2.00. The fourth-order valence-corrected chi connectivity index (χ4v) is 2.87. The van der Waals surface area contributed by atoms with E-state index in [4.69, 9.17) is 0 Å². The van der Waals surface area contributed by atoms with Gasteiger partial charge in [0.25, 0.3) is 0 Å². The molecule has 20 heavy (non-hydrogen) atoms. The molecule has 5 nitrogen and oxygen atoms in total. The average Bonchev–Trinajstić information content (AvgIpc) is 2.89. The Morgan fingerprint density at radius 3 is 2.30 bits per heavy atom. The summed E-state index contributed by atoms with van der Waals surface area (Å²) in [4.78, 5) is 11.8. The zero-order valence-electron chi connectivity index (χ0n) is 11.5. The first-order valence-corrected chi connectivity index (χ1v) is 7.80. The minimum atomic E-state index is -3.47. The van der Waals surface area contributed by atoms with Gasteiger partial charge in [0.1, 0.15) is 0 Å². The van der Waals surface area contributed by atoms with Gasteiger partial charge in [0.2, 0.25) is 0 Å². The highest BCUT2D eigenvalue weighted by Gasteiger charge is 2.20. The van der Waals surface area contributed by atoms with E-state index in [-0.39, 0.29) is 10.5 Å². The maximum absolute atomic E-state index is 12.0. The fraction of sp³-hybridized carbons (Fsp3) is 0.214. The molecule has 0 N–H and O–H groups in total. The number of aromatic nitrogens is 1. The molecule has 106 valence electrons. The Labute approximate surface area is 117 Å². The number of carbonyl (C=O) groups is 1. The van der Waals surface area contributed by atoms with Crippen molar-refractivity contribution in [3.8, 4) is 5.69 Å². The number of rotatable bonds is 3. The lowest BCUT2D eigenvalue weighted by Gasteiger charge is -2.13. The number of ether oxygens (including phenoxy) is 1. The largest absolute Gasteiger partial charge is 0.465 e. The number of benzene rings is 1. The van der Waals surface area contributed by atoms with Crippen molar-refractivity contribution in [1.82, 2.24) is 4.57 Å². The Balaban J connectivity index is 2.76. The number of esters is 1. The molecule has 2 aromatic rings. The lowest BCUT2D eigenvalue weighted by Crippen LogP contribution is -2.10. The van der Waals surface area contributed by atoms with E-state index >= 15 is 0 Å². The van der Waals surface area contributed by atoms with Gasteiger partial charge in [-0.25, -0.2) is 13.2 Å². The van der Waals surface area contributed by atoms with Gasteiger partial charge in [0, 0.05) is 18.6 Å². The van der Waals surface area contributed by atoms with Gasteiger partial charge in [0.15, 0.2) is 9.84 Å². The van der Waals surface area contributed by atoms with Crippen LogP contribution in [-0.2, 0) is 14.6 Å². The summed E-state index contributed by atoms with van der Waals surface area (Å²) in [5.41, 5.74) is 1.43. The van der Waals surface area contributed by atoms with Crippen molar-refractivity contribution >= 4 is 15.8 Å². The van der Waals surface area contributed by atoms with Crippen LogP contribution in [0.15, 0.2) is 41.6 Å². The zero-order chi connectivity index (χ0) is 14.9. The van der Waals surface area contributed by atoms with Gasteiger partial charge in [-0.3, -0.25) is 0 Å². The van der Waals surface area contributed by atoms with Gasteiger partial charge in [-0.15, -0.1) is 0 Å². The molecule has 0 atom stereocenters. The van der Waals surface area contributed by atoms with E-state index in [0.29, 0.717) is 11.3 Å². The average molecular weight is 293 g/mol. The molecule has 0 bridgehead atoms. The predicted octanol–water partition coefficient (Wildman–Crippen LogP) is 1.98. The van der Waals surface area contributed by atoms with E-state index in [1.54, 1.807) is 42.1 Å². The molecule has 0 aliphatic heterocycles. The third-order valence-corrected chi connectivity index (χ3v) is 4.12. The van der Waals surface area contributed by atoms with Crippen LogP contribution < -0.4 is 0 Å². The molecule has 0 fully saturated rings. The van der Waals surface area contributed by atoms with Crippen LogP contribution in [0.5, 0.6) is 0 Å². The van der Waals surface area contributed by atoms with Crippen LogP contribution in [0.4, 0.5) is 0 Å². The third-order valence-electron chi connectivity index (χ3n) is 2.99. The molecule has 0 saturated heterocycles. The smallest absolute Gasteiger partial charge is 0.338 e. The number of carbonyl (C=O) groups excluding carboxylic acids is 1. The molecule has 0 spiro atoms. The van der Waals surface area contributed by atoms with Gasteiger partial charge in [-0.1, -0.05) is 0 Å². The molecule has 0 radical (unpaired) electrons. The standard InChI is InChI=1S/C14H15NO4S/c1-10-8-12(15-6-4-5-7-15)13(20(3,17)18)9-11(10)14(16)19-2/h4-9H,1-3H3. The quantitative estimate of drug-likeness (QED) is 0.812. The zero-order valence-corrected chi connectivity index (χ0v) is 12.3. The van der Waals surface area contributed by atoms with Crippen LogP contribution in [0, 0.1) is 6.92 Å². The first kappa shape index (κ1) is 14.3. The Hall–Kier alpha value is -2.08. The highest BCUT2D eigenvalue weighted by atomic mass is 32.2. The highest BCUT2D eigenvalue weighted by Crippen LogP contribution is 2.25. The maximum Gasteiger partial charge on any atom is 0.338 e. The van der Waals surface area contributed by atoms with Crippen molar-refractivity contribution < 1.29 is 17.9 Å². The first-order valence-electron chi connectivity index (χ1n) is 5.91. The SMILES string of the molecule is COC(=O)c1cc(S(C)(=O)=O)c(-n2cccc2)cc1C. The van der Waals surface area contributed by atoms with Crippen molar-refractivity contribution in [2.75, 3.05) is 13.4 Å². The Morgan fingerprint density at radius 2 is 1.80 bits per heavy atom. The summed E-state index contributed by atoms with van der Waals surface area (Å²) in [7, 11) is -2.20. The summed E-state index contributed by atoms with van der Waals surface area (Å²) in [6.45, 7) is 1.74. The molecule has 0 amide bonds. The normalized spacial score (nSPS) is 11.3. The van der Waals surface area contributed by atoms with Crippen molar-refractivity contribution in [3.63, 3.8) is 0 Å². The molecular formula is C14H15NO4S. The maximum atomic E-state index is 12.0. The molecule has 2 rings (SSSR count).